The number of aryl methyl sites for hydroxylation is 1. The average molecular weight is 398 g/mol. The van der Waals surface area contributed by atoms with E-state index < -0.39 is 17.7 Å². The summed E-state index contributed by atoms with van der Waals surface area (Å²) in [7, 11) is 0. The van der Waals surface area contributed by atoms with Gasteiger partial charge in [0.2, 0.25) is 0 Å². The third kappa shape index (κ3) is 4.12. The molecule has 4 rings (SSSR count). The van der Waals surface area contributed by atoms with Crippen LogP contribution in [0.1, 0.15) is 17.4 Å². The predicted molar refractivity (Wildman–Crippen MR) is 104 cm³/mol. The fraction of sp³-hybridized carbons (Fsp3) is 0.238. The summed E-state index contributed by atoms with van der Waals surface area (Å²) in [5.74, 6) is -1.85. The number of amides is 2. The maximum absolute atomic E-state index is 13.6. The maximum Gasteiger partial charge on any atom is 0.322 e. The monoisotopic (exact) mass is 398 g/mol. The molecule has 1 aliphatic heterocycles. The molecule has 1 fully saturated rings. The van der Waals surface area contributed by atoms with Crippen molar-refractivity contribution in [3.8, 4) is 5.69 Å². The molecule has 150 valence electrons. The summed E-state index contributed by atoms with van der Waals surface area (Å²) in [6, 6.07) is 12.6. The molecule has 2 amide bonds. The van der Waals surface area contributed by atoms with Gasteiger partial charge < -0.3 is 15.0 Å². The Morgan fingerprint density at radius 2 is 2.00 bits per heavy atom. The second-order valence-corrected chi connectivity index (χ2v) is 6.83. The van der Waals surface area contributed by atoms with Crippen molar-refractivity contribution >= 4 is 11.7 Å². The topological polar surface area (TPSA) is 59.4 Å². The van der Waals surface area contributed by atoms with Crippen molar-refractivity contribution in [3.63, 3.8) is 0 Å². The van der Waals surface area contributed by atoms with Crippen molar-refractivity contribution in [2.24, 2.45) is 0 Å². The standard InChI is InChI=1S/C21H20F2N4O2/c1-14-8-9-27(25-14)19-5-3-2-4-18(19)24-21(28)26-10-11-29-20(13-26)15-6-7-16(22)17(23)12-15/h2-9,12,20H,10-11,13H2,1H3,(H,24,28). The lowest BCUT2D eigenvalue weighted by atomic mass is 10.1. The van der Waals surface area contributed by atoms with Gasteiger partial charge in [0.1, 0.15) is 6.10 Å². The Morgan fingerprint density at radius 1 is 1.17 bits per heavy atom. The molecule has 29 heavy (non-hydrogen) atoms. The van der Waals surface area contributed by atoms with Crippen molar-refractivity contribution in [2.75, 3.05) is 25.0 Å². The highest BCUT2D eigenvalue weighted by Crippen LogP contribution is 2.25. The molecule has 1 aliphatic rings. The van der Waals surface area contributed by atoms with E-state index in [-0.39, 0.29) is 12.6 Å². The first kappa shape index (κ1) is 19.1. The third-order valence-corrected chi connectivity index (χ3v) is 4.78. The molecule has 0 aliphatic carbocycles. The van der Waals surface area contributed by atoms with Gasteiger partial charge >= 0.3 is 6.03 Å². The van der Waals surface area contributed by atoms with Gasteiger partial charge in [-0.2, -0.15) is 5.10 Å². The van der Waals surface area contributed by atoms with Gasteiger partial charge in [-0.3, -0.25) is 0 Å². The molecule has 1 atom stereocenters. The largest absolute Gasteiger partial charge is 0.370 e. The first-order valence-electron chi connectivity index (χ1n) is 9.25. The highest BCUT2D eigenvalue weighted by molar-refractivity contribution is 5.91. The summed E-state index contributed by atoms with van der Waals surface area (Å²) in [4.78, 5) is 14.4. The Hall–Kier alpha value is -3.26. The number of morpholine rings is 1. The molecular formula is C21H20F2N4O2. The lowest BCUT2D eigenvalue weighted by Gasteiger charge is -2.33. The first-order valence-corrected chi connectivity index (χ1v) is 9.25. The Labute approximate surface area is 166 Å². The summed E-state index contributed by atoms with van der Waals surface area (Å²) >= 11 is 0. The number of ether oxygens (including phenoxy) is 1. The lowest BCUT2D eigenvalue weighted by Crippen LogP contribution is -2.44. The molecule has 1 saturated heterocycles. The van der Waals surface area contributed by atoms with Crippen LogP contribution in [0.4, 0.5) is 19.3 Å². The van der Waals surface area contributed by atoms with E-state index in [1.165, 1.54) is 6.07 Å². The van der Waals surface area contributed by atoms with Crippen LogP contribution in [-0.2, 0) is 4.74 Å². The minimum Gasteiger partial charge on any atom is -0.370 e. The number of aromatic nitrogens is 2. The molecule has 0 bridgehead atoms. The molecule has 2 aromatic carbocycles. The number of anilines is 1. The number of carbonyl (C=O) groups excluding carboxylic acids is 1. The van der Waals surface area contributed by atoms with Gasteiger partial charge in [-0.05, 0) is 42.8 Å². The fourth-order valence-electron chi connectivity index (χ4n) is 3.27. The quantitative estimate of drug-likeness (QED) is 0.724. The van der Waals surface area contributed by atoms with Crippen molar-refractivity contribution in [1.29, 1.82) is 0 Å². The van der Waals surface area contributed by atoms with Crippen LogP contribution in [0.2, 0.25) is 0 Å². The zero-order valence-electron chi connectivity index (χ0n) is 15.8. The van der Waals surface area contributed by atoms with Crippen LogP contribution in [0.5, 0.6) is 0 Å². The molecule has 1 N–H and O–H groups in total. The van der Waals surface area contributed by atoms with E-state index in [2.05, 4.69) is 10.4 Å². The summed E-state index contributed by atoms with van der Waals surface area (Å²) in [6.45, 7) is 2.83. The molecule has 0 radical (unpaired) electrons. The number of para-hydroxylation sites is 2. The number of hydrogen-bond donors (Lipinski definition) is 1. The summed E-state index contributed by atoms with van der Waals surface area (Å²) in [5.41, 5.74) is 2.73. The number of benzene rings is 2. The van der Waals surface area contributed by atoms with E-state index in [9.17, 15) is 13.6 Å². The number of carbonyl (C=O) groups is 1. The van der Waals surface area contributed by atoms with E-state index in [4.69, 9.17) is 4.74 Å². The van der Waals surface area contributed by atoms with Crippen LogP contribution in [0, 0.1) is 18.6 Å². The van der Waals surface area contributed by atoms with Crippen LogP contribution in [0.25, 0.3) is 5.69 Å². The van der Waals surface area contributed by atoms with Gasteiger partial charge in [-0.1, -0.05) is 18.2 Å². The molecule has 3 aromatic rings. The molecule has 8 heteroatoms. The molecule has 6 nitrogen and oxygen atoms in total. The van der Waals surface area contributed by atoms with Crippen molar-refractivity contribution in [2.45, 2.75) is 13.0 Å². The molecule has 0 saturated carbocycles. The van der Waals surface area contributed by atoms with Crippen LogP contribution in [-0.4, -0.2) is 40.4 Å². The Morgan fingerprint density at radius 3 is 2.76 bits per heavy atom. The SMILES string of the molecule is Cc1ccn(-c2ccccc2NC(=O)N2CCOC(c3ccc(F)c(F)c3)C2)n1. The van der Waals surface area contributed by atoms with Crippen LogP contribution < -0.4 is 5.32 Å². The molecule has 2 heterocycles. The van der Waals surface area contributed by atoms with Crippen molar-refractivity contribution < 1.29 is 18.3 Å². The first-order chi connectivity index (χ1) is 14.0. The van der Waals surface area contributed by atoms with E-state index in [0.29, 0.717) is 24.4 Å². The van der Waals surface area contributed by atoms with Gasteiger partial charge in [0.05, 0.1) is 30.2 Å². The average Bonchev–Trinajstić information content (AvgIpc) is 3.16. The number of nitrogens with zero attached hydrogens (tertiary/aromatic N) is 3. The zero-order chi connectivity index (χ0) is 20.4. The number of hydrogen-bond acceptors (Lipinski definition) is 3. The highest BCUT2D eigenvalue weighted by atomic mass is 19.2. The van der Waals surface area contributed by atoms with Gasteiger partial charge in [-0.25, -0.2) is 18.3 Å². The Bertz CT molecular complexity index is 1040. The molecule has 0 spiro atoms. The Balaban J connectivity index is 1.50. The molecular weight excluding hydrogens is 378 g/mol. The van der Waals surface area contributed by atoms with E-state index in [1.807, 2.05) is 37.4 Å². The van der Waals surface area contributed by atoms with Gasteiger partial charge in [0.25, 0.3) is 0 Å². The number of urea groups is 1. The van der Waals surface area contributed by atoms with Gasteiger partial charge in [0.15, 0.2) is 11.6 Å². The zero-order valence-corrected chi connectivity index (χ0v) is 15.8. The van der Waals surface area contributed by atoms with E-state index >= 15 is 0 Å². The number of halogens is 2. The Kier molecular flexibility index (Phi) is 5.26. The number of nitrogens with one attached hydrogen (secondary N) is 1. The minimum atomic E-state index is -0.934. The van der Waals surface area contributed by atoms with Crippen LogP contribution in [0.3, 0.4) is 0 Å². The van der Waals surface area contributed by atoms with E-state index in [0.717, 1.165) is 23.5 Å². The smallest absolute Gasteiger partial charge is 0.322 e. The predicted octanol–water partition coefficient (Wildman–Crippen LogP) is 4.06. The van der Waals surface area contributed by atoms with Gasteiger partial charge in [-0.15, -0.1) is 0 Å². The van der Waals surface area contributed by atoms with Crippen LogP contribution in [0.15, 0.2) is 54.7 Å². The fourth-order valence-corrected chi connectivity index (χ4v) is 3.27. The third-order valence-electron chi connectivity index (χ3n) is 4.78. The lowest BCUT2D eigenvalue weighted by molar-refractivity contribution is -0.0136. The number of rotatable bonds is 3. The van der Waals surface area contributed by atoms with Gasteiger partial charge in [0, 0.05) is 12.7 Å². The van der Waals surface area contributed by atoms with Crippen LogP contribution >= 0.6 is 0 Å². The molecule has 1 unspecified atom stereocenters. The minimum absolute atomic E-state index is 0.236. The summed E-state index contributed by atoms with van der Waals surface area (Å²) in [5, 5.41) is 7.31. The normalized spacial score (nSPS) is 16.7. The summed E-state index contributed by atoms with van der Waals surface area (Å²) in [6.07, 6.45) is 1.31. The van der Waals surface area contributed by atoms with E-state index in [1.54, 1.807) is 15.6 Å². The second-order valence-electron chi connectivity index (χ2n) is 6.83. The summed E-state index contributed by atoms with van der Waals surface area (Å²) < 4.78 is 34.1. The maximum atomic E-state index is 13.6. The highest BCUT2D eigenvalue weighted by Gasteiger charge is 2.26. The molecule has 1 aromatic heterocycles. The van der Waals surface area contributed by atoms with Crippen molar-refractivity contribution in [1.82, 2.24) is 14.7 Å². The second kappa shape index (κ2) is 8.00. The van der Waals surface area contributed by atoms with Crippen molar-refractivity contribution in [3.05, 3.63) is 77.6 Å².